The topological polar surface area (TPSA) is 105 Å². The van der Waals surface area contributed by atoms with E-state index in [9.17, 15) is 9.59 Å². The van der Waals surface area contributed by atoms with E-state index in [4.69, 9.17) is 14.6 Å². The van der Waals surface area contributed by atoms with Gasteiger partial charge in [-0.15, -0.1) is 0 Å². The molecule has 2 aromatic heterocycles. The number of hydrogen-bond donors (Lipinski definition) is 0. The van der Waals surface area contributed by atoms with Gasteiger partial charge in [0.2, 0.25) is 5.91 Å². The van der Waals surface area contributed by atoms with Crippen molar-refractivity contribution >= 4 is 17.6 Å². The number of benzene rings is 1. The number of amides is 2. The van der Waals surface area contributed by atoms with Gasteiger partial charge in [0, 0.05) is 24.2 Å². The van der Waals surface area contributed by atoms with Crippen molar-refractivity contribution in [2.75, 3.05) is 11.4 Å². The molecule has 3 aromatic rings. The second kappa shape index (κ2) is 8.38. The van der Waals surface area contributed by atoms with E-state index in [-0.39, 0.29) is 23.6 Å². The number of carbonyl (C=O) groups excluding carboxylic acids is 2. The average molecular weight is 447 g/mol. The average Bonchev–Trinajstić information content (AvgIpc) is 3.46. The Labute approximate surface area is 191 Å². The lowest BCUT2D eigenvalue weighted by molar-refractivity contribution is -0.119. The first-order chi connectivity index (χ1) is 15.9. The quantitative estimate of drug-likeness (QED) is 0.606. The number of rotatable bonds is 4. The van der Waals surface area contributed by atoms with Crippen LogP contribution in [0.2, 0.25) is 0 Å². The van der Waals surface area contributed by atoms with Crippen LogP contribution < -0.4 is 4.90 Å². The third kappa shape index (κ3) is 3.88. The molecule has 0 saturated carbocycles. The van der Waals surface area contributed by atoms with Crippen molar-refractivity contribution in [1.82, 2.24) is 25.2 Å². The van der Waals surface area contributed by atoms with Crippen LogP contribution in [0.15, 0.2) is 28.9 Å². The third-order valence-corrected chi connectivity index (χ3v) is 6.48. The summed E-state index contributed by atoms with van der Waals surface area (Å²) >= 11 is 0. The standard InChI is InChI=1S/C24H26N6O3/c1-14-6-8-17(9-7-14)13-30-20(31)11-10-18-15(2)25-22(26-23(18)30)19-5-4-12-29(19)24(32)21-16(3)27-33-28-21/h6-9,19H,4-5,10-13H2,1-3H3/t19-/m1/s1. The zero-order valence-corrected chi connectivity index (χ0v) is 19.0. The number of hydrogen-bond acceptors (Lipinski definition) is 7. The second-order valence-electron chi connectivity index (χ2n) is 8.79. The van der Waals surface area contributed by atoms with Crippen LogP contribution in [0, 0.1) is 20.8 Å². The van der Waals surface area contributed by atoms with Gasteiger partial charge in [-0.05, 0) is 50.8 Å². The Morgan fingerprint density at radius 2 is 1.85 bits per heavy atom. The van der Waals surface area contributed by atoms with E-state index < -0.39 is 0 Å². The molecule has 2 aliphatic rings. The Balaban J connectivity index is 1.50. The number of aryl methyl sites for hydroxylation is 3. The highest BCUT2D eigenvalue weighted by Crippen LogP contribution is 2.35. The molecular formula is C24H26N6O3. The lowest BCUT2D eigenvalue weighted by Crippen LogP contribution is -2.37. The summed E-state index contributed by atoms with van der Waals surface area (Å²) in [5.74, 6) is 1.04. The summed E-state index contributed by atoms with van der Waals surface area (Å²) < 4.78 is 4.73. The highest BCUT2D eigenvalue weighted by atomic mass is 16.6. The van der Waals surface area contributed by atoms with Crippen molar-refractivity contribution in [2.24, 2.45) is 0 Å². The molecule has 0 unspecified atom stereocenters. The minimum absolute atomic E-state index is 0.0516. The maximum absolute atomic E-state index is 13.1. The van der Waals surface area contributed by atoms with Gasteiger partial charge >= 0.3 is 0 Å². The molecule has 2 amide bonds. The Hall–Kier alpha value is -3.62. The largest absolute Gasteiger partial charge is 0.327 e. The number of likely N-dealkylation sites (tertiary alicyclic amines) is 1. The summed E-state index contributed by atoms with van der Waals surface area (Å²) in [6, 6.07) is 7.89. The molecule has 5 rings (SSSR count). The molecule has 9 nitrogen and oxygen atoms in total. The molecule has 1 fully saturated rings. The molecule has 33 heavy (non-hydrogen) atoms. The molecule has 0 N–H and O–H groups in total. The van der Waals surface area contributed by atoms with E-state index in [0.717, 1.165) is 29.7 Å². The zero-order valence-electron chi connectivity index (χ0n) is 19.0. The summed E-state index contributed by atoms with van der Waals surface area (Å²) in [5.41, 5.74) is 4.75. The van der Waals surface area contributed by atoms with Crippen molar-refractivity contribution in [3.05, 3.63) is 63.9 Å². The highest BCUT2D eigenvalue weighted by Gasteiger charge is 2.37. The van der Waals surface area contributed by atoms with E-state index in [1.807, 2.05) is 38.1 Å². The monoisotopic (exact) mass is 446 g/mol. The zero-order chi connectivity index (χ0) is 23.1. The van der Waals surface area contributed by atoms with Gasteiger partial charge in [0.25, 0.3) is 5.91 Å². The van der Waals surface area contributed by atoms with Gasteiger partial charge in [-0.2, -0.15) is 0 Å². The van der Waals surface area contributed by atoms with Crippen molar-refractivity contribution in [2.45, 2.75) is 59.0 Å². The Kier molecular flexibility index (Phi) is 5.39. The summed E-state index contributed by atoms with van der Waals surface area (Å²) in [4.78, 5) is 39.2. The Morgan fingerprint density at radius 3 is 2.58 bits per heavy atom. The van der Waals surface area contributed by atoms with Crippen LogP contribution in [0.3, 0.4) is 0 Å². The molecule has 1 atom stereocenters. The molecule has 0 aliphatic carbocycles. The summed E-state index contributed by atoms with van der Waals surface area (Å²) in [6.45, 7) is 6.74. The lowest BCUT2D eigenvalue weighted by atomic mass is 10.0. The fourth-order valence-corrected chi connectivity index (χ4v) is 4.63. The van der Waals surface area contributed by atoms with Crippen molar-refractivity contribution < 1.29 is 14.2 Å². The van der Waals surface area contributed by atoms with Gasteiger partial charge in [-0.1, -0.05) is 35.0 Å². The third-order valence-electron chi connectivity index (χ3n) is 6.48. The second-order valence-corrected chi connectivity index (χ2v) is 8.79. The van der Waals surface area contributed by atoms with Crippen molar-refractivity contribution in [1.29, 1.82) is 0 Å². The number of anilines is 1. The van der Waals surface area contributed by atoms with Crippen LogP contribution in [0.1, 0.15) is 69.7 Å². The van der Waals surface area contributed by atoms with E-state index in [2.05, 4.69) is 10.3 Å². The van der Waals surface area contributed by atoms with Crippen LogP contribution >= 0.6 is 0 Å². The summed E-state index contributed by atoms with van der Waals surface area (Å²) in [5, 5.41) is 7.51. The number of fused-ring (bicyclic) bond motifs is 1. The minimum atomic E-state index is -0.282. The maximum atomic E-state index is 13.1. The van der Waals surface area contributed by atoms with E-state index in [1.54, 1.807) is 16.7 Å². The number of aromatic nitrogens is 4. The van der Waals surface area contributed by atoms with E-state index in [1.165, 1.54) is 5.56 Å². The highest BCUT2D eigenvalue weighted by molar-refractivity contribution is 5.95. The van der Waals surface area contributed by atoms with Gasteiger partial charge in [-0.3, -0.25) is 14.5 Å². The van der Waals surface area contributed by atoms with Crippen LogP contribution in [0.25, 0.3) is 0 Å². The summed E-state index contributed by atoms with van der Waals surface area (Å²) in [6.07, 6.45) is 2.66. The molecule has 1 saturated heterocycles. The van der Waals surface area contributed by atoms with Crippen LogP contribution in [0.5, 0.6) is 0 Å². The normalized spacial score (nSPS) is 18.0. The van der Waals surface area contributed by atoms with Gasteiger partial charge < -0.3 is 4.90 Å². The van der Waals surface area contributed by atoms with Gasteiger partial charge in [0.15, 0.2) is 11.5 Å². The first-order valence-corrected chi connectivity index (χ1v) is 11.3. The molecule has 0 radical (unpaired) electrons. The Bertz CT molecular complexity index is 1220. The molecule has 2 aliphatic heterocycles. The molecule has 0 spiro atoms. The van der Waals surface area contributed by atoms with E-state index >= 15 is 0 Å². The molecule has 4 heterocycles. The number of nitrogens with zero attached hydrogens (tertiary/aromatic N) is 6. The van der Waals surface area contributed by atoms with E-state index in [0.29, 0.717) is 43.3 Å². The molecule has 170 valence electrons. The van der Waals surface area contributed by atoms with Crippen molar-refractivity contribution in [3.8, 4) is 0 Å². The molecule has 1 aromatic carbocycles. The maximum Gasteiger partial charge on any atom is 0.278 e. The fourth-order valence-electron chi connectivity index (χ4n) is 4.63. The van der Waals surface area contributed by atoms with Crippen LogP contribution in [-0.4, -0.2) is 43.5 Å². The first kappa shape index (κ1) is 21.2. The van der Waals surface area contributed by atoms with Crippen LogP contribution in [-0.2, 0) is 17.8 Å². The first-order valence-electron chi connectivity index (χ1n) is 11.3. The van der Waals surface area contributed by atoms with Gasteiger partial charge in [0.05, 0.1) is 12.6 Å². The Morgan fingerprint density at radius 1 is 1.06 bits per heavy atom. The predicted octanol–water partition coefficient (Wildman–Crippen LogP) is 3.24. The molecule has 0 bridgehead atoms. The smallest absolute Gasteiger partial charge is 0.278 e. The SMILES string of the molecule is Cc1ccc(CN2C(=O)CCc3c(C)nc([C@H]4CCCN4C(=O)c4nonc4C)nc32)cc1. The van der Waals surface area contributed by atoms with Gasteiger partial charge in [0.1, 0.15) is 11.5 Å². The van der Waals surface area contributed by atoms with Crippen LogP contribution in [0.4, 0.5) is 5.82 Å². The summed E-state index contributed by atoms with van der Waals surface area (Å²) in [7, 11) is 0. The van der Waals surface area contributed by atoms with Crippen molar-refractivity contribution in [3.63, 3.8) is 0 Å². The minimum Gasteiger partial charge on any atom is -0.327 e. The molecule has 9 heteroatoms. The number of carbonyl (C=O) groups is 2. The lowest BCUT2D eigenvalue weighted by Gasteiger charge is -2.31. The fraction of sp³-hybridized carbons (Fsp3) is 0.417. The molecular weight excluding hydrogens is 420 g/mol. The van der Waals surface area contributed by atoms with Gasteiger partial charge in [-0.25, -0.2) is 14.6 Å². The predicted molar refractivity (Wildman–Crippen MR) is 120 cm³/mol.